The SMILES string of the molecule is CCOC(=O)c1cc(Cl)c(NC(=O)COc2ccc(CC)cc2Br)cc1OC. The summed E-state index contributed by atoms with van der Waals surface area (Å²) in [6, 6.07) is 8.56. The van der Waals surface area contributed by atoms with Gasteiger partial charge in [0, 0.05) is 6.07 Å². The van der Waals surface area contributed by atoms with Crippen LogP contribution >= 0.6 is 27.5 Å². The predicted octanol–water partition coefficient (Wildman–Crippen LogP) is 4.87. The molecule has 0 saturated carbocycles. The van der Waals surface area contributed by atoms with Crippen molar-refractivity contribution in [1.82, 2.24) is 0 Å². The molecule has 0 unspecified atom stereocenters. The molecule has 8 heteroatoms. The molecule has 0 bridgehead atoms. The molecule has 0 aliphatic carbocycles. The van der Waals surface area contributed by atoms with Crippen LogP contribution in [0.25, 0.3) is 0 Å². The van der Waals surface area contributed by atoms with E-state index in [0.717, 1.165) is 16.5 Å². The summed E-state index contributed by atoms with van der Waals surface area (Å²) in [5.74, 6) is -0.146. The zero-order chi connectivity index (χ0) is 20.7. The molecule has 0 heterocycles. The second kappa shape index (κ2) is 10.3. The maximum absolute atomic E-state index is 12.3. The first kappa shape index (κ1) is 22.0. The number of carbonyl (C=O) groups is 2. The first-order valence-electron chi connectivity index (χ1n) is 8.65. The number of methoxy groups -OCH3 is 1. The predicted molar refractivity (Wildman–Crippen MR) is 112 cm³/mol. The standard InChI is InChI=1S/C20H21BrClNO5/c1-4-12-6-7-17(14(21)8-12)28-11-19(24)23-16-10-18(26-3)13(9-15(16)22)20(25)27-5-2/h6-10H,4-5,11H2,1-3H3,(H,23,24). The average Bonchev–Trinajstić information content (AvgIpc) is 2.68. The fourth-order valence-corrected chi connectivity index (χ4v) is 3.15. The van der Waals surface area contributed by atoms with E-state index in [-0.39, 0.29) is 29.5 Å². The highest BCUT2D eigenvalue weighted by atomic mass is 79.9. The van der Waals surface area contributed by atoms with E-state index >= 15 is 0 Å². The Labute approximate surface area is 177 Å². The second-order valence-corrected chi connectivity index (χ2v) is 6.97. The second-order valence-electron chi connectivity index (χ2n) is 5.71. The fourth-order valence-electron chi connectivity index (χ4n) is 2.40. The molecule has 0 radical (unpaired) electrons. The third-order valence-corrected chi connectivity index (χ3v) is 4.75. The van der Waals surface area contributed by atoms with E-state index in [1.54, 1.807) is 13.0 Å². The first-order valence-corrected chi connectivity index (χ1v) is 9.82. The van der Waals surface area contributed by atoms with Crippen molar-refractivity contribution in [3.05, 3.63) is 51.0 Å². The summed E-state index contributed by atoms with van der Waals surface area (Å²) in [4.78, 5) is 24.2. The summed E-state index contributed by atoms with van der Waals surface area (Å²) < 4.78 is 16.5. The van der Waals surface area contributed by atoms with E-state index < -0.39 is 11.9 Å². The van der Waals surface area contributed by atoms with E-state index in [2.05, 4.69) is 28.2 Å². The molecule has 2 aromatic rings. The van der Waals surface area contributed by atoms with Crippen LogP contribution in [0.4, 0.5) is 5.69 Å². The lowest BCUT2D eigenvalue weighted by molar-refractivity contribution is -0.118. The molecule has 150 valence electrons. The maximum atomic E-state index is 12.3. The normalized spacial score (nSPS) is 10.3. The van der Waals surface area contributed by atoms with Gasteiger partial charge in [0.15, 0.2) is 6.61 Å². The van der Waals surface area contributed by atoms with E-state index in [1.807, 2.05) is 12.1 Å². The van der Waals surface area contributed by atoms with Gasteiger partial charge >= 0.3 is 5.97 Å². The molecule has 6 nitrogen and oxygen atoms in total. The van der Waals surface area contributed by atoms with Gasteiger partial charge in [-0.3, -0.25) is 4.79 Å². The molecule has 1 N–H and O–H groups in total. The molecule has 1 amide bonds. The lowest BCUT2D eigenvalue weighted by atomic mass is 10.1. The monoisotopic (exact) mass is 469 g/mol. The van der Waals surface area contributed by atoms with Crippen molar-refractivity contribution in [2.75, 3.05) is 25.6 Å². The minimum absolute atomic E-state index is 0.184. The number of esters is 1. The summed E-state index contributed by atoms with van der Waals surface area (Å²) in [6.07, 6.45) is 0.904. The van der Waals surface area contributed by atoms with Crippen molar-refractivity contribution >= 4 is 45.1 Å². The maximum Gasteiger partial charge on any atom is 0.341 e. The molecule has 0 aromatic heterocycles. The van der Waals surface area contributed by atoms with Crippen molar-refractivity contribution in [2.45, 2.75) is 20.3 Å². The van der Waals surface area contributed by atoms with Gasteiger partial charge in [0.05, 0.1) is 28.9 Å². The number of ether oxygens (including phenoxy) is 3. The summed E-state index contributed by atoms with van der Waals surface area (Å²) in [5, 5.41) is 2.84. The van der Waals surface area contributed by atoms with E-state index in [1.165, 1.54) is 19.2 Å². The van der Waals surface area contributed by atoms with Gasteiger partial charge in [0.2, 0.25) is 0 Å². The van der Waals surface area contributed by atoms with Crippen molar-refractivity contribution in [2.24, 2.45) is 0 Å². The van der Waals surface area contributed by atoms with Crippen LogP contribution in [0, 0.1) is 0 Å². The molecule has 0 fully saturated rings. The molecule has 2 aromatic carbocycles. The molecule has 0 spiro atoms. The van der Waals surface area contributed by atoms with Crippen LogP contribution in [-0.4, -0.2) is 32.2 Å². The van der Waals surface area contributed by atoms with Gasteiger partial charge in [-0.15, -0.1) is 0 Å². The summed E-state index contributed by atoms with van der Waals surface area (Å²) in [6.45, 7) is 3.78. The van der Waals surface area contributed by atoms with E-state index in [9.17, 15) is 9.59 Å². The quantitative estimate of drug-likeness (QED) is 0.557. The number of halogens is 2. The minimum atomic E-state index is -0.553. The largest absolute Gasteiger partial charge is 0.496 e. The highest BCUT2D eigenvalue weighted by molar-refractivity contribution is 9.10. The van der Waals surface area contributed by atoms with Crippen molar-refractivity contribution < 1.29 is 23.8 Å². The fraction of sp³-hybridized carbons (Fsp3) is 0.300. The Kier molecular flexibility index (Phi) is 8.14. The molecule has 0 aliphatic heterocycles. The van der Waals surface area contributed by atoms with Gasteiger partial charge in [-0.05, 0) is 53.0 Å². The summed E-state index contributed by atoms with van der Waals surface area (Å²) in [7, 11) is 1.41. The van der Waals surface area contributed by atoms with Gasteiger partial charge in [0.25, 0.3) is 5.91 Å². The van der Waals surface area contributed by atoms with Crippen LogP contribution in [0.2, 0.25) is 5.02 Å². The molecule has 0 saturated heterocycles. The number of hydrogen-bond donors (Lipinski definition) is 1. The van der Waals surface area contributed by atoms with Crippen LogP contribution in [0.5, 0.6) is 11.5 Å². The minimum Gasteiger partial charge on any atom is -0.496 e. The lowest BCUT2D eigenvalue weighted by Crippen LogP contribution is -2.20. The Morgan fingerprint density at radius 2 is 1.89 bits per heavy atom. The number of amides is 1. The Bertz CT molecular complexity index is 872. The van der Waals surface area contributed by atoms with Crippen LogP contribution in [-0.2, 0) is 16.0 Å². The smallest absolute Gasteiger partial charge is 0.341 e. The summed E-state index contributed by atoms with van der Waals surface area (Å²) in [5.41, 5.74) is 1.65. The molecular weight excluding hydrogens is 450 g/mol. The number of benzene rings is 2. The number of rotatable bonds is 8. The Balaban J connectivity index is 2.08. The van der Waals surface area contributed by atoms with Crippen molar-refractivity contribution in [3.8, 4) is 11.5 Å². The third-order valence-electron chi connectivity index (χ3n) is 3.82. The third kappa shape index (κ3) is 5.62. The van der Waals surface area contributed by atoms with Crippen LogP contribution in [0.3, 0.4) is 0 Å². The molecule has 0 atom stereocenters. The average molecular weight is 471 g/mol. The topological polar surface area (TPSA) is 73.9 Å². The number of anilines is 1. The van der Waals surface area contributed by atoms with Crippen LogP contribution in [0.1, 0.15) is 29.8 Å². The Morgan fingerprint density at radius 3 is 2.50 bits per heavy atom. The highest BCUT2D eigenvalue weighted by Crippen LogP contribution is 2.32. The van der Waals surface area contributed by atoms with Gasteiger partial charge in [-0.2, -0.15) is 0 Å². The zero-order valence-corrected chi connectivity index (χ0v) is 18.1. The van der Waals surface area contributed by atoms with E-state index in [0.29, 0.717) is 11.4 Å². The molecule has 2 rings (SSSR count). The zero-order valence-electron chi connectivity index (χ0n) is 15.8. The molecule has 28 heavy (non-hydrogen) atoms. The van der Waals surface area contributed by atoms with E-state index in [4.69, 9.17) is 25.8 Å². The summed E-state index contributed by atoms with van der Waals surface area (Å²) >= 11 is 9.63. The number of aryl methyl sites for hydroxylation is 1. The van der Waals surface area contributed by atoms with Gasteiger partial charge in [-0.25, -0.2) is 4.79 Å². The van der Waals surface area contributed by atoms with Crippen molar-refractivity contribution in [3.63, 3.8) is 0 Å². The van der Waals surface area contributed by atoms with Crippen LogP contribution < -0.4 is 14.8 Å². The van der Waals surface area contributed by atoms with Crippen LogP contribution in [0.15, 0.2) is 34.8 Å². The van der Waals surface area contributed by atoms with Gasteiger partial charge in [0.1, 0.15) is 17.1 Å². The number of carbonyl (C=O) groups excluding carboxylic acids is 2. The number of nitrogens with one attached hydrogen (secondary N) is 1. The Hall–Kier alpha value is -2.25. The van der Waals surface area contributed by atoms with Gasteiger partial charge in [-0.1, -0.05) is 24.6 Å². The Morgan fingerprint density at radius 1 is 1.14 bits per heavy atom. The van der Waals surface area contributed by atoms with Gasteiger partial charge < -0.3 is 19.5 Å². The highest BCUT2D eigenvalue weighted by Gasteiger charge is 2.18. The molecular formula is C20H21BrClNO5. The first-order chi connectivity index (χ1) is 13.4. The van der Waals surface area contributed by atoms with Crippen molar-refractivity contribution in [1.29, 1.82) is 0 Å². The number of hydrogen-bond acceptors (Lipinski definition) is 5. The molecule has 0 aliphatic rings. The lowest BCUT2D eigenvalue weighted by Gasteiger charge is -2.13.